The molecule has 1 fully saturated rings. The van der Waals surface area contributed by atoms with Gasteiger partial charge in [0.05, 0.1) is 22.2 Å². The lowest BCUT2D eigenvalue weighted by Crippen LogP contribution is -2.33. The summed E-state index contributed by atoms with van der Waals surface area (Å²) in [7, 11) is 0. The number of halogens is 7. The second-order valence-electron chi connectivity index (χ2n) is 6.90. The Labute approximate surface area is 169 Å². The summed E-state index contributed by atoms with van der Waals surface area (Å²) in [4.78, 5) is 1.90. The van der Waals surface area contributed by atoms with Crippen molar-refractivity contribution in [2.45, 2.75) is 24.8 Å². The second kappa shape index (κ2) is 8.53. The normalized spacial score (nSPS) is 17.8. The molecule has 9 heteroatoms. The van der Waals surface area contributed by atoms with Crippen LogP contribution in [0.3, 0.4) is 0 Å². The molecular formula is C20H19ClF6N2. The zero-order chi connectivity index (χ0) is 21.2. The van der Waals surface area contributed by atoms with Gasteiger partial charge in [0, 0.05) is 19.6 Å². The third-order valence-corrected chi connectivity index (χ3v) is 5.21. The van der Waals surface area contributed by atoms with Gasteiger partial charge in [0.2, 0.25) is 0 Å². The maximum Gasteiger partial charge on any atom is 0.417 e. The van der Waals surface area contributed by atoms with Crippen LogP contribution in [-0.4, -0.2) is 31.1 Å². The van der Waals surface area contributed by atoms with Gasteiger partial charge in [0.1, 0.15) is 0 Å². The van der Waals surface area contributed by atoms with Gasteiger partial charge in [-0.1, -0.05) is 29.8 Å². The zero-order valence-corrected chi connectivity index (χ0v) is 16.0. The maximum absolute atomic E-state index is 13.4. The van der Waals surface area contributed by atoms with Crippen LogP contribution >= 0.6 is 11.6 Å². The molecule has 2 aromatic carbocycles. The van der Waals surface area contributed by atoms with Crippen molar-refractivity contribution in [3.05, 3.63) is 69.7 Å². The lowest BCUT2D eigenvalue weighted by atomic mass is 9.94. The van der Waals surface area contributed by atoms with Gasteiger partial charge in [0.25, 0.3) is 0 Å². The van der Waals surface area contributed by atoms with Crippen molar-refractivity contribution in [3.8, 4) is 0 Å². The quantitative estimate of drug-likeness (QED) is 0.615. The number of hydrogen-bond donors (Lipinski definition) is 1. The molecule has 0 radical (unpaired) electrons. The van der Waals surface area contributed by atoms with Crippen molar-refractivity contribution in [2.75, 3.05) is 26.2 Å². The molecule has 158 valence electrons. The first-order chi connectivity index (χ1) is 13.6. The summed E-state index contributed by atoms with van der Waals surface area (Å²) in [6.45, 7) is 2.36. The summed E-state index contributed by atoms with van der Waals surface area (Å²) in [5, 5.41) is 2.75. The van der Waals surface area contributed by atoms with Crippen LogP contribution in [0.15, 0.2) is 42.5 Å². The molecule has 1 heterocycles. The van der Waals surface area contributed by atoms with Crippen LogP contribution in [0, 0.1) is 0 Å². The fraction of sp³-hybridized carbons (Fsp3) is 0.400. The summed E-state index contributed by atoms with van der Waals surface area (Å²) < 4.78 is 79.8. The largest absolute Gasteiger partial charge is 0.417 e. The monoisotopic (exact) mass is 436 g/mol. The molecule has 1 saturated heterocycles. The van der Waals surface area contributed by atoms with Crippen LogP contribution in [0.2, 0.25) is 5.02 Å². The van der Waals surface area contributed by atoms with Crippen LogP contribution in [0.25, 0.3) is 0 Å². The van der Waals surface area contributed by atoms with E-state index in [9.17, 15) is 26.3 Å². The lowest BCUT2D eigenvalue weighted by Gasteiger charge is -2.32. The smallest absolute Gasteiger partial charge is 0.315 e. The lowest BCUT2D eigenvalue weighted by molar-refractivity contribution is -0.138. The minimum atomic E-state index is -4.66. The highest BCUT2D eigenvalue weighted by molar-refractivity contribution is 6.31. The highest BCUT2D eigenvalue weighted by Gasteiger charge is 2.36. The molecule has 29 heavy (non-hydrogen) atoms. The summed E-state index contributed by atoms with van der Waals surface area (Å²) in [6.07, 6.45) is -8.47. The minimum absolute atomic E-state index is 0.253. The summed E-state index contributed by atoms with van der Waals surface area (Å²) in [5.74, 6) is 0. The van der Waals surface area contributed by atoms with Crippen LogP contribution < -0.4 is 5.32 Å². The van der Waals surface area contributed by atoms with Crippen molar-refractivity contribution < 1.29 is 26.3 Å². The van der Waals surface area contributed by atoms with E-state index in [1.54, 1.807) is 0 Å². The average Bonchev–Trinajstić information content (AvgIpc) is 2.91. The van der Waals surface area contributed by atoms with Crippen LogP contribution in [0.1, 0.15) is 34.7 Å². The van der Waals surface area contributed by atoms with Crippen molar-refractivity contribution in [1.29, 1.82) is 0 Å². The summed E-state index contributed by atoms with van der Waals surface area (Å²) in [5.41, 5.74) is -1.29. The average molecular weight is 437 g/mol. The molecule has 2 aromatic rings. The third-order valence-electron chi connectivity index (χ3n) is 4.88. The first-order valence-corrected chi connectivity index (χ1v) is 9.44. The van der Waals surface area contributed by atoms with Gasteiger partial charge in [0.15, 0.2) is 0 Å². The van der Waals surface area contributed by atoms with Crippen LogP contribution in [-0.2, 0) is 12.4 Å². The molecule has 1 unspecified atom stereocenters. The summed E-state index contributed by atoms with van der Waals surface area (Å²) in [6, 6.07) is 7.53. The highest BCUT2D eigenvalue weighted by atomic mass is 35.5. The first-order valence-electron chi connectivity index (χ1n) is 9.06. The molecule has 0 aliphatic carbocycles. The van der Waals surface area contributed by atoms with Gasteiger partial charge in [-0.3, -0.25) is 4.90 Å². The fourth-order valence-corrected chi connectivity index (χ4v) is 3.78. The number of rotatable bonds is 3. The Hall–Kier alpha value is -1.77. The molecule has 1 aliphatic rings. The number of alkyl halides is 6. The molecule has 2 nitrogen and oxygen atoms in total. The highest BCUT2D eigenvalue weighted by Crippen LogP contribution is 2.39. The number of benzene rings is 2. The minimum Gasteiger partial charge on any atom is -0.315 e. The van der Waals surface area contributed by atoms with Crippen LogP contribution in [0.4, 0.5) is 26.3 Å². The molecule has 0 spiro atoms. The van der Waals surface area contributed by atoms with Crippen molar-refractivity contribution in [1.82, 2.24) is 10.2 Å². The van der Waals surface area contributed by atoms with Gasteiger partial charge in [-0.05, 0) is 48.4 Å². The Morgan fingerprint density at radius 2 is 1.59 bits per heavy atom. The number of nitrogens with zero attached hydrogens (tertiary/aromatic N) is 1. The van der Waals surface area contributed by atoms with E-state index < -0.39 is 34.5 Å². The molecule has 0 bridgehead atoms. The zero-order valence-electron chi connectivity index (χ0n) is 15.2. The predicted octanol–water partition coefficient (Wildman–Crippen LogP) is 5.76. The van der Waals surface area contributed by atoms with Crippen molar-refractivity contribution in [2.24, 2.45) is 0 Å². The second-order valence-corrected chi connectivity index (χ2v) is 7.31. The Morgan fingerprint density at radius 3 is 2.28 bits per heavy atom. The molecule has 0 amide bonds. The van der Waals surface area contributed by atoms with Gasteiger partial charge in [-0.25, -0.2) is 0 Å². The van der Waals surface area contributed by atoms with E-state index in [-0.39, 0.29) is 11.1 Å². The van der Waals surface area contributed by atoms with Gasteiger partial charge < -0.3 is 5.32 Å². The Morgan fingerprint density at radius 1 is 0.862 bits per heavy atom. The molecular weight excluding hydrogens is 418 g/mol. The van der Waals surface area contributed by atoms with E-state index in [2.05, 4.69) is 5.32 Å². The van der Waals surface area contributed by atoms with E-state index >= 15 is 0 Å². The Kier molecular flexibility index (Phi) is 6.45. The third kappa shape index (κ3) is 5.24. The first kappa shape index (κ1) is 21.9. The topological polar surface area (TPSA) is 15.3 Å². The van der Waals surface area contributed by atoms with E-state index in [0.717, 1.165) is 37.2 Å². The SMILES string of the molecule is FC(F)(F)c1cccc(C(c2ccc(Cl)c(C(F)(F)F)c2)N2CCCNCC2)c1. The van der Waals surface area contributed by atoms with E-state index in [1.807, 2.05) is 4.90 Å². The van der Waals surface area contributed by atoms with Crippen molar-refractivity contribution in [3.63, 3.8) is 0 Å². The maximum atomic E-state index is 13.4. The molecule has 1 aliphatic heterocycles. The van der Waals surface area contributed by atoms with Gasteiger partial charge in [-0.15, -0.1) is 0 Å². The van der Waals surface area contributed by atoms with E-state index in [1.165, 1.54) is 18.2 Å². The fourth-order valence-electron chi connectivity index (χ4n) is 3.55. The van der Waals surface area contributed by atoms with Gasteiger partial charge >= 0.3 is 12.4 Å². The molecule has 0 aromatic heterocycles. The van der Waals surface area contributed by atoms with E-state index in [0.29, 0.717) is 19.6 Å². The number of nitrogens with one attached hydrogen (secondary N) is 1. The van der Waals surface area contributed by atoms with E-state index in [4.69, 9.17) is 11.6 Å². The van der Waals surface area contributed by atoms with Crippen LogP contribution in [0.5, 0.6) is 0 Å². The predicted molar refractivity (Wildman–Crippen MR) is 98.8 cm³/mol. The standard InChI is InChI=1S/C20H19ClF6N2/c21-17-6-5-14(12-16(17)20(25,26)27)18(29-9-2-7-28-8-10-29)13-3-1-4-15(11-13)19(22,23)24/h1,3-6,11-12,18,28H,2,7-10H2. The van der Waals surface area contributed by atoms with Crippen molar-refractivity contribution >= 4 is 11.6 Å². The number of hydrogen-bond acceptors (Lipinski definition) is 2. The Balaban J connectivity index is 2.12. The molecule has 1 atom stereocenters. The summed E-state index contributed by atoms with van der Waals surface area (Å²) >= 11 is 5.74. The molecule has 1 N–H and O–H groups in total. The molecule has 3 rings (SSSR count). The molecule has 0 saturated carbocycles. The van der Waals surface area contributed by atoms with Gasteiger partial charge in [-0.2, -0.15) is 26.3 Å². The Bertz CT molecular complexity index is 842.